The number of rotatable bonds is 3. The van der Waals surface area contributed by atoms with Crippen LogP contribution in [0.15, 0.2) is 0 Å². The summed E-state index contributed by atoms with van der Waals surface area (Å²) in [5, 5.41) is 44.9. The van der Waals surface area contributed by atoms with E-state index in [-0.39, 0.29) is 0 Å². The largest absolute Gasteiger partial charge is 0.547 e. The Hall–Kier alpha value is -1.65. The molecule has 0 saturated heterocycles. The number of aliphatic carboxylic acids is 2. The van der Waals surface area contributed by atoms with E-state index in [1.54, 1.807) is 0 Å². The second kappa shape index (κ2) is 3.17. The predicted octanol–water partition coefficient (Wildman–Crippen LogP) is -4.90. The number of aliphatic hydroxyl groups is 2. The van der Waals surface area contributed by atoms with Crippen molar-refractivity contribution in [3.05, 3.63) is 0 Å². The average molecular weight is 173 g/mol. The lowest BCUT2D eigenvalue weighted by atomic mass is 9.99. The molecular formula is C5H3NO6-2. The molecule has 0 heterocycles. The first-order valence-electron chi connectivity index (χ1n) is 2.60. The van der Waals surface area contributed by atoms with Crippen molar-refractivity contribution in [2.45, 2.75) is 11.7 Å². The highest BCUT2D eigenvalue weighted by Crippen LogP contribution is 2.07. The van der Waals surface area contributed by atoms with Gasteiger partial charge in [-0.1, -0.05) is 0 Å². The molecular weight excluding hydrogens is 170 g/mol. The number of hydrogen-bond acceptors (Lipinski definition) is 7. The summed E-state index contributed by atoms with van der Waals surface area (Å²) in [5.74, 6) is -4.68. The molecule has 0 bridgehead atoms. The molecule has 7 heteroatoms. The minimum absolute atomic E-state index is 0.682. The summed E-state index contributed by atoms with van der Waals surface area (Å²) in [4.78, 5) is 19.8. The van der Waals surface area contributed by atoms with Gasteiger partial charge in [0.25, 0.3) is 0 Å². The SMILES string of the molecule is N#CC(O)(C(=O)[O-])C(O)C(=O)[O-]. The Kier molecular flexibility index (Phi) is 2.73. The van der Waals surface area contributed by atoms with Gasteiger partial charge >= 0.3 is 0 Å². The number of aliphatic hydroxyl groups excluding tert-OH is 1. The first-order valence-corrected chi connectivity index (χ1v) is 2.60. The van der Waals surface area contributed by atoms with E-state index < -0.39 is 23.6 Å². The van der Waals surface area contributed by atoms with Crippen LogP contribution in [0.3, 0.4) is 0 Å². The van der Waals surface area contributed by atoms with Crippen LogP contribution >= 0.6 is 0 Å². The highest BCUT2D eigenvalue weighted by atomic mass is 16.4. The molecule has 2 unspecified atom stereocenters. The Labute approximate surface area is 66.1 Å². The number of carbonyl (C=O) groups excluding carboxylic acids is 2. The molecule has 0 rings (SSSR count). The van der Waals surface area contributed by atoms with Crippen molar-refractivity contribution in [2.24, 2.45) is 0 Å². The van der Waals surface area contributed by atoms with Crippen LogP contribution in [0.25, 0.3) is 0 Å². The summed E-state index contributed by atoms with van der Waals surface area (Å²) in [6, 6.07) is 0.682. The van der Waals surface area contributed by atoms with E-state index in [1.165, 1.54) is 0 Å². The highest BCUT2D eigenvalue weighted by Gasteiger charge is 2.38. The molecule has 0 amide bonds. The minimum Gasteiger partial charge on any atom is -0.547 e. The third kappa shape index (κ3) is 1.50. The summed E-state index contributed by atoms with van der Waals surface area (Å²) in [6.07, 6.45) is -2.84. The van der Waals surface area contributed by atoms with Gasteiger partial charge in [0, 0.05) is 0 Å². The van der Waals surface area contributed by atoms with Gasteiger partial charge in [0.15, 0.2) is 0 Å². The van der Waals surface area contributed by atoms with Crippen molar-refractivity contribution < 1.29 is 30.0 Å². The van der Waals surface area contributed by atoms with Gasteiger partial charge in [-0.3, -0.25) is 0 Å². The van der Waals surface area contributed by atoms with Gasteiger partial charge in [0.05, 0.1) is 11.9 Å². The van der Waals surface area contributed by atoms with Crippen LogP contribution in [0.5, 0.6) is 0 Å². The molecule has 0 aliphatic rings. The van der Waals surface area contributed by atoms with Crippen LogP contribution in [-0.4, -0.2) is 33.9 Å². The zero-order valence-corrected chi connectivity index (χ0v) is 5.55. The number of carboxylic acids is 2. The van der Waals surface area contributed by atoms with E-state index in [2.05, 4.69) is 0 Å². The molecule has 2 atom stereocenters. The number of nitriles is 1. The maximum absolute atomic E-state index is 9.96. The summed E-state index contributed by atoms with van der Waals surface area (Å²) < 4.78 is 0. The van der Waals surface area contributed by atoms with Crippen molar-refractivity contribution in [2.75, 3.05) is 0 Å². The highest BCUT2D eigenvalue weighted by molar-refractivity contribution is 5.87. The Bertz CT molecular complexity index is 255. The average Bonchev–Trinajstić information content (AvgIpc) is 2.01. The van der Waals surface area contributed by atoms with Crippen molar-refractivity contribution in [3.8, 4) is 6.07 Å². The first-order chi connectivity index (χ1) is 5.36. The molecule has 0 aromatic rings. The molecule has 0 saturated carbocycles. The normalized spacial score (nSPS) is 17.1. The van der Waals surface area contributed by atoms with Gasteiger partial charge in [0.2, 0.25) is 5.60 Å². The predicted molar refractivity (Wildman–Crippen MR) is 26.6 cm³/mol. The Morgan fingerprint density at radius 3 is 2.00 bits per heavy atom. The molecule has 0 spiro atoms. The summed E-state index contributed by atoms with van der Waals surface area (Å²) in [7, 11) is 0. The van der Waals surface area contributed by atoms with Crippen LogP contribution in [-0.2, 0) is 9.59 Å². The van der Waals surface area contributed by atoms with Gasteiger partial charge < -0.3 is 30.0 Å². The van der Waals surface area contributed by atoms with Gasteiger partial charge in [-0.25, -0.2) is 0 Å². The molecule has 0 aliphatic heterocycles. The Balaban J connectivity index is 4.92. The van der Waals surface area contributed by atoms with E-state index in [1.807, 2.05) is 0 Å². The first kappa shape index (κ1) is 10.3. The molecule has 0 radical (unpaired) electrons. The van der Waals surface area contributed by atoms with Crippen LogP contribution < -0.4 is 10.2 Å². The number of carboxylic acid groups (broad SMARTS) is 2. The molecule has 0 aromatic carbocycles. The lowest BCUT2D eigenvalue weighted by Gasteiger charge is -2.26. The van der Waals surface area contributed by atoms with E-state index in [4.69, 9.17) is 15.5 Å². The summed E-state index contributed by atoms with van der Waals surface area (Å²) >= 11 is 0. The van der Waals surface area contributed by atoms with Gasteiger partial charge in [-0.05, 0) is 0 Å². The fourth-order valence-electron chi connectivity index (χ4n) is 0.389. The van der Waals surface area contributed by atoms with Crippen molar-refractivity contribution in [3.63, 3.8) is 0 Å². The fourth-order valence-corrected chi connectivity index (χ4v) is 0.389. The second-order valence-electron chi connectivity index (χ2n) is 1.89. The standard InChI is InChI=1S/C5H5NO6/c6-1-5(12,4(10)11)2(7)3(8)9/h2,7,12H,(H,8,9)(H,10,11)/p-2. The minimum atomic E-state index is -3.47. The van der Waals surface area contributed by atoms with Crippen LogP contribution in [0.2, 0.25) is 0 Å². The number of hydrogen-bond donors (Lipinski definition) is 2. The van der Waals surface area contributed by atoms with Crippen LogP contribution in [0.4, 0.5) is 0 Å². The summed E-state index contributed by atoms with van der Waals surface area (Å²) in [5.41, 5.74) is -3.47. The van der Waals surface area contributed by atoms with Gasteiger partial charge in [-0.15, -0.1) is 0 Å². The number of carbonyl (C=O) groups is 2. The molecule has 2 N–H and O–H groups in total. The zero-order chi connectivity index (χ0) is 9.94. The lowest BCUT2D eigenvalue weighted by molar-refractivity contribution is -0.339. The third-order valence-corrected chi connectivity index (χ3v) is 1.10. The molecule has 0 fully saturated rings. The van der Waals surface area contributed by atoms with Gasteiger partial charge in [0.1, 0.15) is 12.2 Å². The van der Waals surface area contributed by atoms with E-state index in [9.17, 15) is 19.8 Å². The van der Waals surface area contributed by atoms with E-state index >= 15 is 0 Å². The Morgan fingerprint density at radius 2 is 1.92 bits per heavy atom. The second-order valence-corrected chi connectivity index (χ2v) is 1.89. The van der Waals surface area contributed by atoms with Gasteiger partial charge in [-0.2, -0.15) is 5.26 Å². The fraction of sp³-hybridized carbons (Fsp3) is 0.400. The molecule has 0 aromatic heterocycles. The maximum atomic E-state index is 9.96. The molecule has 66 valence electrons. The lowest BCUT2D eigenvalue weighted by Crippen LogP contribution is -2.60. The summed E-state index contributed by atoms with van der Waals surface area (Å²) in [6.45, 7) is 0. The molecule has 7 nitrogen and oxygen atoms in total. The van der Waals surface area contributed by atoms with Crippen molar-refractivity contribution >= 4 is 11.9 Å². The quantitative estimate of drug-likeness (QED) is 0.407. The molecule has 12 heavy (non-hydrogen) atoms. The zero-order valence-electron chi connectivity index (χ0n) is 5.55. The van der Waals surface area contributed by atoms with E-state index in [0.717, 1.165) is 0 Å². The third-order valence-electron chi connectivity index (χ3n) is 1.10. The Morgan fingerprint density at radius 1 is 1.50 bits per heavy atom. The van der Waals surface area contributed by atoms with E-state index in [0.29, 0.717) is 6.07 Å². The van der Waals surface area contributed by atoms with Crippen LogP contribution in [0.1, 0.15) is 0 Å². The number of nitrogens with zero attached hydrogens (tertiary/aromatic N) is 1. The maximum Gasteiger partial charge on any atom is 0.222 e. The smallest absolute Gasteiger partial charge is 0.222 e. The monoisotopic (exact) mass is 173 g/mol. The van der Waals surface area contributed by atoms with Crippen molar-refractivity contribution in [1.29, 1.82) is 5.26 Å². The van der Waals surface area contributed by atoms with Crippen molar-refractivity contribution in [1.82, 2.24) is 0 Å². The topological polar surface area (TPSA) is 145 Å². The van der Waals surface area contributed by atoms with Crippen LogP contribution in [0, 0.1) is 11.3 Å². The molecule has 0 aliphatic carbocycles.